The molecule has 4 aromatic rings. The molecule has 0 amide bonds. The van der Waals surface area contributed by atoms with Crippen LogP contribution >= 0.6 is 11.3 Å². The maximum Gasteiger partial charge on any atom is 0.573 e. The first-order valence-electron chi connectivity index (χ1n) is 9.76. The number of ether oxygens (including phenoxy) is 2. The Morgan fingerprint density at radius 3 is 2.70 bits per heavy atom. The van der Waals surface area contributed by atoms with Gasteiger partial charge in [0, 0.05) is 39.3 Å². The zero-order valence-electron chi connectivity index (χ0n) is 17.5. The highest BCUT2D eigenvalue weighted by Crippen LogP contribution is 2.33. The van der Waals surface area contributed by atoms with Crippen molar-refractivity contribution in [3.05, 3.63) is 41.7 Å². The van der Waals surface area contributed by atoms with E-state index in [1.165, 1.54) is 37.4 Å². The molecular weight excluding hydrogens is 464 g/mol. The van der Waals surface area contributed by atoms with Gasteiger partial charge >= 0.3 is 6.36 Å². The number of halogens is 4. The highest BCUT2D eigenvalue weighted by Gasteiger charge is 2.31. The Balaban J connectivity index is 1.60. The van der Waals surface area contributed by atoms with E-state index in [0.717, 1.165) is 11.3 Å². The number of imidazole rings is 1. The van der Waals surface area contributed by atoms with Crippen molar-refractivity contribution >= 4 is 49.4 Å². The molecule has 0 saturated carbocycles. The fourth-order valence-corrected chi connectivity index (χ4v) is 4.19. The zero-order valence-corrected chi connectivity index (χ0v) is 18.3. The number of aryl methyl sites for hydroxylation is 1. The van der Waals surface area contributed by atoms with E-state index in [1.807, 2.05) is 0 Å². The molecule has 0 fully saturated rings. The summed E-state index contributed by atoms with van der Waals surface area (Å²) in [6.45, 7) is 0.402. The number of ketones is 1. The molecule has 0 saturated heterocycles. The van der Waals surface area contributed by atoms with Crippen molar-refractivity contribution in [1.82, 2.24) is 14.5 Å². The van der Waals surface area contributed by atoms with Crippen molar-refractivity contribution in [2.45, 2.75) is 19.2 Å². The van der Waals surface area contributed by atoms with Crippen molar-refractivity contribution in [2.75, 3.05) is 19.0 Å². The van der Waals surface area contributed by atoms with Crippen LogP contribution in [-0.2, 0) is 11.8 Å². The van der Waals surface area contributed by atoms with E-state index >= 15 is 0 Å². The maximum atomic E-state index is 14.6. The van der Waals surface area contributed by atoms with E-state index in [4.69, 9.17) is 4.74 Å². The van der Waals surface area contributed by atoms with Gasteiger partial charge in [-0.3, -0.25) is 4.79 Å². The minimum atomic E-state index is -4.79. The third kappa shape index (κ3) is 5.06. The summed E-state index contributed by atoms with van der Waals surface area (Å²) in [7, 11) is 3.19. The minimum Gasteiger partial charge on any atom is -0.406 e. The SMILES string of the molecule is COCCCC(=O)c1cc2nc(Nc3nc4ccc(OC(F)(F)F)cc4s3)n(C)c2cc1F. The second-order valence-corrected chi connectivity index (χ2v) is 8.19. The summed E-state index contributed by atoms with van der Waals surface area (Å²) in [6.07, 6.45) is -4.15. The third-order valence-corrected chi connectivity index (χ3v) is 5.77. The van der Waals surface area contributed by atoms with E-state index < -0.39 is 12.2 Å². The monoisotopic (exact) mass is 482 g/mol. The molecule has 0 aliphatic heterocycles. The van der Waals surface area contributed by atoms with Crippen LogP contribution in [0.5, 0.6) is 5.75 Å². The van der Waals surface area contributed by atoms with Gasteiger partial charge in [0.2, 0.25) is 5.95 Å². The van der Waals surface area contributed by atoms with Crippen molar-refractivity contribution in [3.8, 4) is 5.75 Å². The van der Waals surface area contributed by atoms with E-state index in [9.17, 15) is 22.4 Å². The number of thiazole rings is 1. The molecule has 0 radical (unpaired) electrons. The van der Waals surface area contributed by atoms with Gasteiger partial charge in [-0.15, -0.1) is 13.2 Å². The fraction of sp³-hybridized carbons (Fsp3) is 0.286. The molecule has 0 atom stereocenters. The molecule has 2 heterocycles. The molecule has 174 valence electrons. The van der Waals surface area contributed by atoms with Gasteiger partial charge in [0.1, 0.15) is 11.6 Å². The number of carbonyl (C=O) groups excluding carboxylic acids is 1. The standard InChI is InChI=1S/C21H18F4N4O3S/c1-29-16-10-13(22)12(17(30)4-3-7-31-2)9-15(16)26-19(29)28-20-27-14-6-5-11(8-18(14)33-20)32-21(23,24)25/h5-6,8-10H,3-4,7H2,1-2H3,(H,26,27,28). The van der Waals surface area contributed by atoms with Crippen LogP contribution in [0.3, 0.4) is 0 Å². The quantitative estimate of drug-likeness (QED) is 0.201. The number of hydrogen-bond donors (Lipinski definition) is 1. The topological polar surface area (TPSA) is 78.3 Å². The van der Waals surface area contributed by atoms with E-state index in [1.54, 1.807) is 11.6 Å². The first-order valence-corrected chi connectivity index (χ1v) is 10.6. The second kappa shape index (κ2) is 8.94. The number of fused-ring (bicyclic) bond motifs is 2. The first-order chi connectivity index (χ1) is 15.6. The number of methoxy groups -OCH3 is 1. The second-order valence-electron chi connectivity index (χ2n) is 7.16. The van der Waals surface area contributed by atoms with Crippen LogP contribution in [0.2, 0.25) is 0 Å². The highest BCUT2D eigenvalue weighted by atomic mass is 32.1. The molecule has 2 aromatic heterocycles. The lowest BCUT2D eigenvalue weighted by molar-refractivity contribution is -0.274. The number of alkyl halides is 3. The summed E-state index contributed by atoms with van der Waals surface area (Å²) in [4.78, 5) is 21.1. The van der Waals surface area contributed by atoms with E-state index in [0.29, 0.717) is 45.4 Å². The number of Topliss-reactive ketones (excluding diaryl/α,β-unsaturated/α-hetero) is 1. The van der Waals surface area contributed by atoms with Crippen LogP contribution in [0.4, 0.5) is 28.6 Å². The predicted octanol–water partition coefficient (Wildman–Crippen LogP) is 5.57. The molecule has 33 heavy (non-hydrogen) atoms. The Labute approximate surface area is 189 Å². The fourth-order valence-electron chi connectivity index (χ4n) is 3.30. The highest BCUT2D eigenvalue weighted by molar-refractivity contribution is 7.22. The number of anilines is 2. The van der Waals surface area contributed by atoms with Crippen LogP contribution < -0.4 is 10.1 Å². The molecule has 0 aliphatic carbocycles. The maximum absolute atomic E-state index is 14.6. The Kier molecular flexibility index (Phi) is 6.21. The summed E-state index contributed by atoms with van der Waals surface area (Å²) in [5.41, 5.74) is 1.31. The lowest BCUT2D eigenvalue weighted by Gasteiger charge is -2.07. The van der Waals surface area contributed by atoms with Crippen LogP contribution in [0.25, 0.3) is 21.3 Å². The van der Waals surface area contributed by atoms with Crippen LogP contribution in [0.1, 0.15) is 23.2 Å². The largest absolute Gasteiger partial charge is 0.573 e. The van der Waals surface area contributed by atoms with Gasteiger partial charge in [-0.25, -0.2) is 14.4 Å². The van der Waals surface area contributed by atoms with Crippen molar-refractivity contribution in [1.29, 1.82) is 0 Å². The molecule has 4 rings (SSSR count). The summed E-state index contributed by atoms with van der Waals surface area (Å²) in [6, 6.07) is 6.50. The average Bonchev–Trinajstić information content (AvgIpc) is 3.26. The molecule has 0 bridgehead atoms. The lowest BCUT2D eigenvalue weighted by atomic mass is 10.1. The molecule has 0 spiro atoms. The predicted molar refractivity (Wildman–Crippen MR) is 116 cm³/mol. The summed E-state index contributed by atoms with van der Waals surface area (Å²) >= 11 is 1.11. The van der Waals surface area contributed by atoms with E-state index in [2.05, 4.69) is 20.0 Å². The zero-order chi connectivity index (χ0) is 23.8. The Hall–Kier alpha value is -3.25. The summed E-state index contributed by atoms with van der Waals surface area (Å²) < 4.78 is 62.9. The van der Waals surface area contributed by atoms with Gasteiger partial charge in [0.05, 0.1) is 26.8 Å². The molecular formula is C21H18F4N4O3S. The number of nitrogens with zero attached hydrogens (tertiary/aromatic N) is 3. The van der Waals surface area contributed by atoms with Gasteiger partial charge in [-0.1, -0.05) is 11.3 Å². The Morgan fingerprint density at radius 1 is 1.18 bits per heavy atom. The molecule has 2 aromatic carbocycles. The van der Waals surface area contributed by atoms with E-state index in [-0.39, 0.29) is 23.5 Å². The number of aromatic nitrogens is 3. The number of carbonyl (C=O) groups is 1. The number of rotatable bonds is 8. The third-order valence-electron chi connectivity index (χ3n) is 4.83. The smallest absolute Gasteiger partial charge is 0.406 e. The minimum absolute atomic E-state index is 0.0413. The van der Waals surface area contributed by atoms with Crippen LogP contribution in [-0.4, -0.2) is 40.4 Å². The lowest BCUT2D eigenvalue weighted by Crippen LogP contribution is -2.16. The van der Waals surface area contributed by atoms with Crippen LogP contribution in [0, 0.1) is 5.82 Å². The molecule has 7 nitrogen and oxygen atoms in total. The van der Waals surface area contributed by atoms with Crippen molar-refractivity contribution < 1.29 is 31.8 Å². The Morgan fingerprint density at radius 2 is 1.97 bits per heavy atom. The summed E-state index contributed by atoms with van der Waals surface area (Å²) in [5.74, 6) is -0.989. The van der Waals surface area contributed by atoms with Crippen molar-refractivity contribution in [3.63, 3.8) is 0 Å². The summed E-state index contributed by atoms with van der Waals surface area (Å²) in [5, 5.41) is 3.38. The van der Waals surface area contributed by atoms with Crippen molar-refractivity contribution in [2.24, 2.45) is 7.05 Å². The van der Waals surface area contributed by atoms with Gasteiger partial charge in [-0.05, 0) is 24.6 Å². The molecule has 0 unspecified atom stereocenters. The number of hydrogen-bond acceptors (Lipinski definition) is 7. The Bertz CT molecular complexity index is 1330. The molecule has 1 N–H and O–H groups in total. The first kappa shape index (κ1) is 22.9. The average molecular weight is 482 g/mol. The normalized spacial score (nSPS) is 11.9. The van der Waals surface area contributed by atoms with Gasteiger partial charge in [-0.2, -0.15) is 0 Å². The molecule has 0 aliphatic rings. The van der Waals surface area contributed by atoms with Crippen LogP contribution in [0.15, 0.2) is 30.3 Å². The van der Waals surface area contributed by atoms with Gasteiger partial charge < -0.3 is 19.4 Å². The van der Waals surface area contributed by atoms with Gasteiger partial charge in [0.15, 0.2) is 10.9 Å². The van der Waals surface area contributed by atoms with Gasteiger partial charge in [0.25, 0.3) is 0 Å². The number of nitrogens with one attached hydrogen (secondary N) is 1. The molecule has 12 heteroatoms. The number of benzene rings is 2.